The Morgan fingerprint density at radius 3 is 2.38 bits per heavy atom. The second-order valence-electron chi connectivity index (χ2n) is 5.23. The number of ketones is 1. The van der Waals surface area contributed by atoms with Crippen LogP contribution >= 0.6 is 0 Å². The molecule has 2 unspecified atom stereocenters. The van der Waals surface area contributed by atoms with Crippen LogP contribution in [0.25, 0.3) is 0 Å². The topological polar surface area (TPSA) is 115 Å². The number of rotatable bonds is 3. The Balaban J connectivity index is 2.19. The van der Waals surface area contributed by atoms with Crippen LogP contribution in [-0.4, -0.2) is 48.5 Å². The number of phenols is 2. The molecule has 2 atom stereocenters. The summed E-state index contributed by atoms with van der Waals surface area (Å²) < 4.78 is 20.8. The lowest BCUT2D eigenvalue weighted by Crippen LogP contribution is -2.41. The average Bonchev–Trinajstić information content (AvgIpc) is 2.54. The molecular formula is C16H16O8. The van der Waals surface area contributed by atoms with Crippen molar-refractivity contribution >= 4 is 5.78 Å². The van der Waals surface area contributed by atoms with E-state index in [2.05, 4.69) is 0 Å². The third kappa shape index (κ3) is 2.03. The first-order valence-electron chi connectivity index (χ1n) is 7.01. The molecule has 0 amide bonds. The minimum atomic E-state index is -0.943. The predicted octanol–water partition coefficient (Wildman–Crippen LogP) is 1.63. The molecule has 1 heterocycles. The number of fused-ring (bicyclic) bond motifs is 2. The van der Waals surface area contributed by atoms with Gasteiger partial charge in [0.05, 0.1) is 27.2 Å². The fourth-order valence-corrected chi connectivity index (χ4v) is 2.92. The van der Waals surface area contributed by atoms with Crippen LogP contribution in [0.3, 0.4) is 0 Å². The van der Waals surface area contributed by atoms with Gasteiger partial charge in [-0.25, -0.2) is 0 Å². The van der Waals surface area contributed by atoms with Gasteiger partial charge in [0.1, 0.15) is 11.3 Å². The zero-order valence-electron chi connectivity index (χ0n) is 13.2. The van der Waals surface area contributed by atoms with Crippen molar-refractivity contribution in [3.63, 3.8) is 0 Å². The molecule has 0 bridgehead atoms. The van der Waals surface area contributed by atoms with Crippen molar-refractivity contribution in [1.82, 2.24) is 0 Å². The van der Waals surface area contributed by atoms with E-state index >= 15 is 0 Å². The number of aliphatic hydroxyl groups is 1. The van der Waals surface area contributed by atoms with Gasteiger partial charge in [0.15, 0.2) is 40.7 Å². The van der Waals surface area contributed by atoms with Crippen molar-refractivity contribution in [2.45, 2.75) is 6.10 Å². The van der Waals surface area contributed by atoms with Crippen LogP contribution in [-0.2, 0) is 9.47 Å². The number of carbonyl (C=O) groups excluding carboxylic acids is 1. The van der Waals surface area contributed by atoms with E-state index in [1.54, 1.807) is 0 Å². The number of hydrogen-bond acceptors (Lipinski definition) is 8. The van der Waals surface area contributed by atoms with Gasteiger partial charge < -0.3 is 34.3 Å². The number of hydrogen-bond donors (Lipinski definition) is 3. The minimum Gasteiger partial charge on any atom is -0.504 e. The summed E-state index contributed by atoms with van der Waals surface area (Å²) in [6.45, 7) is 0. The molecule has 8 nitrogen and oxygen atoms in total. The van der Waals surface area contributed by atoms with E-state index in [0.717, 1.165) is 0 Å². The summed E-state index contributed by atoms with van der Waals surface area (Å²) in [7, 11) is 3.93. The summed E-state index contributed by atoms with van der Waals surface area (Å²) in [5.41, 5.74) is -0.116. The summed E-state index contributed by atoms with van der Waals surface area (Å²) in [6.07, 6.45) is 0.452. The molecule has 24 heavy (non-hydrogen) atoms. The molecule has 1 aliphatic carbocycles. The third-order valence-electron chi connectivity index (χ3n) is 4.03. The molecule has 0 saturated heterocycles. The number of methoxy groups -OCH3 is 3. The SMILES string of the molecule is COC1=CC2C(=O)c3c(cc(O)c(OC)c3O)OC2C(OC)=C1O. The van der Waals surface area contributed by atoms with E-state index in [1.165, 1.54) is 33.5 Å². The number of carbonyl (C=O) groups is 1. The smallest absolute Gasteiger partial charge is 0.203 e. The second kappa shape index (κ2) is 5.55. The van der Waals surface area contributed by atoms with Crippen LogP contribution in [0.4, 0.5) is 0 Å². The average molecular weight is 336 g/mol. The van der Waals surface area contributed by atoms with Crippen LogP contribution in [0, 0.1) is 5.92 Å². The standard InChI is InChI=1S/C16H16O8/c1-21-9-4-6-11(18)10-8(5-7(17)15(22-2)13(10)20)24-14(6)16(23-3)12(9)19/h4-6,14,17,19-20H,1-3H3. The Kier molecular flexibility index (Phi) is 3.67. The monoisotopic (exact) mass is 336 g/mol. The van der Waals surface area contributed by atoms with Crippen molar-refractivity contribution in [2.75, 3.05) is 21.3 Å². The Bertz CT molecular complexity index is 777. The highest BCUT2D eigenvalue weighted by molar-refractivity contribution is 6.06. The lowest BCUT2D eigenvalue weighted by molar-refractivity contribution is 0.0578. The van der Waals surface area contributed by atoms with Crippen LogP contribution in [0.1, 0.15) is 10.4 Å². The third-order valence-corrected chi connectivity index (χ3v) is 4.03. The van der Waals surface area contributed by atoms with Crippen LogP contribution in [0.15, 0.2) is 29.4 Å². The summed E-state index contributed by atoms with van der Waals surface area (Å²) >= 11 is 0. The van der Waals surface area contributed by atoms with Crippen molar-refractivity contribution in [3.8, 4) is 23.0 Å². The minimum absolute atomic E-state index is 0.0214. The maximum Gasteiger partial charge on any atom is 0.203 e. The summed E-state index contributed by atoms with van der Waals surface area (Å²) in [5.74, 6) is -2.69. The highest BCUT2D eigenvalue weighted by Gasteiger charge is 2.46. The molecule has 8 heteroatoms. The van der Waals surface area contributed by atoms with Gasteiger partial charge in [0.25, 0.3) is 0 Å². The number of phenolic OH excluding ortho intramolecular Hbond substituents is 2. The highest BCUT2D eigenvalue weighted by Crippen LogP contribution is 2.49. The quantitative estimate of drug-likeness (QED) is 0.763. The molecule has 2 aliphatic rings. The first kappa shape index (κ1) is 15.9. The molecule has 128 valence electrons. The zero-order chi connectivity index (χ0) is 17.6. The molecule has 0 aromatic heterocycles. The van der Waals surface area contributed by atoms with E-state index in [4.69, 9.17) is 18.9 Å². The molecular weight excluding hydrogens is 320 g/mol. The number of aromatic hydroxyl groups is 2. The van der Waals surface area contributed by atoms with E-state index < -0.39 is 23.6 Å². The van der Waals surface area contributed by atoms with Crippen molar-refractivity contribution in [3.05, 3.63) is 35.0 Å². The zero-order valence-corrected chi connectivity index (χ0v) is 13.2. The van der Waals surface area contributed by atoms with E-state index in [0.29, 0.717) is 0 Å². The van der Waals surface area contributed by atoms with Gasteiger partial charge in [-0.1, -0.05) is 0 Å². The number of benzene rings is 1. The summed E-state index contributed by atoms with van der Waals surface area (Å²) in [4.78, 5) is 12.8. The number of Topliss-reactive ketones (excluding diaryl/α,β-unsaturated/α-hetero) is 1. The van der Waals surface area contributed by atoms with Crippen LogP contribution < -0.4 is 9.47 Å². The molecule has 3 rings (SSSR count). The van der Waals surface area contributed by atoms with Gasteiger partial charge in [0, 0.05) is 6.07 Å². The maximum atomic E-state index is 12.8. The first-order valence-corrected chi connectivity index (χ1v) is 7.01. The predicted molar refractivity (Wildman–Crippen MR) is 80.3 cm³/mol. The Morgan fingerprint density at radius 1 is 1.08 bits per heavy atom. The number of ether oxygens (including phenoxy) is 4. The Labute approximate surface area is 137 Å². The molecule has 0 spiro atoms. The molecule has 1 aliphatic heterocycles. The van der Waals surface area contributed by atoms with E-state index in [9.17, 15) is 20.1 Å². The fraction of sp³-hybridized carbons (Fsp3) is 0.312. The molecule has 1 aromatic carbocycles. The van der Waals surface area contributed by atoms with Gasteiger partial charge >= 0.3 is 0 Å². The first-order chi connectivity index (χ1) is 11.4. The summed E-state index contributed by atoms with van der Waals surface area (Å²) in [6, 6.07) is 1.17. The Morgan fingerprint density at radius 2 is 1.79 bits per heavy atom. The largest absolute Gasteiger partial charge is 0.504 e. The molecule has 1 aromatic rings. The van der Waals surface area contributed by atoms with E-state index in [1.807, 2.05) is 0 Å². The van der Waals surface area contributed by atoms with Gasteiger partial charge in [0.2, 0.25) is 5.75 Å². The Hall–Kier alpha value is -3.03. The second-order valence-corrected chi connectivity index (χ2v) is 5.23. The van der Waals surface area contributed by atoms with Crippen LogP contribution in [0.2, 0.25) is 0 Å². The van der Waals surface area contributed by atoms with Crippen molar-refractivity contribution < 1.29 is 39.1 Å². The number of aliphatic hydroxyl groups excluding tert-OH is 1. The maximum absolute atomic E-state index is 12.8. The van der Waals surface area contributed by atoms with Gasteiger partial charge in [-0.2, -0.15) is 0 Å². The molecule has 0 saturated carbocycles. The van der Waals surface area contributed by atoms with Crippen molar-refractivity contribution in [1.29, 1.82) is 0 Å². The van der Waals surface area contributed by atoms with E-state index in [-0.39, 0.29) is 40.1 Å². The molecule has 0 radical (unpaired) electrons. The summed E-state index contributed by atoms with van der Waals surface area (Å²) in [5, 5.41) is 30.3. The van der Waals surface area contributed by atoms with Gasteiger partial charge in [-0.05, 0) is 6.08 Å². The lowest BCUT2D eigenvalue weighted by atomic mass is 9.84. The van der Waals surface area contributed by atoms with Gasteiger partial charge in [-0.3, -0.25) is 4.79 Å². The molecule has 0 fully saturated rings. The lowest BCUT2D eigenvalue weighted by Gasteiger charge is -2.35. The fourth-order valence-electron chi connectivity index (χ4n) is 2.92. The highest BCUT2D eigenvalue weighted by atomic mass is 16.5. The van der Waals surface area contributed by atoms with Crippen molar-refractivity contribution in [2.24, 2.45) is 5.92 Å². The molecule has 3 N–H and O–H groups in total. The normalized spacial score (nSPS) is 22.1. The van der Waals surface area contributed by atoms with Crippen LogP contribution in [0.5, 0.6) is 23.0 Å². The van der Waals surface area contributed by atoms with Gasteiger partial charge in [-0.15, -0.1) is 0 Å².